The molecule has 3 heterocycles. The number of pyridine rings is 1. The molecule has 5 rings (SSSR count). The normalized spacial score (nSPS) is 17.8. The van der Waals surface area contributed by atoms with Gasteiger partial charge < -0.3 is 14.8 Å². The zero-order valence-electron chi connectivity index (χ0n) is 20.1. The highest BCUT2D eigenvalue weighted by Crippen LogP contribution is 2.44. The number of benzene rings is 2. The topological polar surface area (TPSA) is 33.1 Å². The lowest BCUT2D eigenvalue weighted by Crippen LogP contribution is -2.29. The zero-order chi connectivity index (χ0) is 23.8. The van der Waals surface area contributed by atoms with Gasteiger partial charge in [-0.1, -0.05) is 49.4 Å². The average molecular weight is 467 g/mol. The fourth-order valence-corrected chi connectivity index (χ4v) is 5.64. The Morgan fingerprint density at radius 2 is 1.71 bits per heavy atom. The Labute approximate surface area is 207 Å². The van der Waals surface area contributed by atoms with Crippen LogP contribution in [-0.4, -0.2) is 14.7 Å². The molecule has 0 saturated carbocycles. The van der Waals surface area contributed by atoms with Crippen LogP contribution in [0.25, 0.3) is 5.69 Å². The van der Waals surface area contributed by atoms with Gasteiger partial charge in [-0.15, -0.1) is 0 Å². The summed E-state index contributed by atoms with van der Waals surface area (Å²) < 4.78 is 2.42. The van der Waals surface area contributed by atoms with Crippen molar-refractivity contribution >= 4 is 23.0 Å². The molecular formula is C29H30N4S. The second-order valence-electron chi connectivity index (χ2n) is 8.93. The molecule has 0 spiro atoms. The Morgan fingerprint density at radius 3 is 2.41 bits per heavy atom. The maximum Gasteiger partial charge on any atom is 0.174 e. The van der Waals surface area contributed by atoms with Crippen molar-refractivity contribution in [1.29, 1.82) is 0 Å². The first kappa shape index (κ1) is 22.4. The lowest BCUT2D eigenvalue weighted by atomic mass is 9.96. The molecule has 1 N–H and O–H groups in total. The fourth-order valence-electron chi connectivity index (χ4n) is 5.29. The quantitative estimate of drug-likeness (QED) is 0.339. The molecule has 1 saturated heterocycles. The summed E-state index contributed by atoms with van der Waals surface area (Å²) in [6, 6.07) is 25.3. The molecule has 0 amide bonds. The summed E-state index contributed by atoms with van der Waals surface area (Å²) in [6.45, 7) is 8.85. The van der Waals surface area contributed by atoms with Crippen LogP contribution in [0.3, 0.4) is 0 Å². The standard InChI is InChI=1S/C29H30N4S/c1-5-22-13-11-12-19(2)27(22)32-20(3)18-24(21(32)4)28-26(25-16-9-10-17-30-25)31-29(34)33(28)23-14-7-6-8-15-23/h6-18,26,28H,5H2,1-4H3,(H,31,34)/t26-,28-/m0/s1. The van der Waals surface area contributed by atoms with E-state index in [1.54, 1.807) is 0 Å². The molecular weight excluding hydrogens is 436 g/mol. The number of hydrogen-bond donors (Lipinski definition) is 1. The van der Waals surface area contributed by atoms with Crippen molar-refractivity contribution in [2.45, 2.75) is 46.2 Å². The van der Waals surface area contributed by atoms with E-state index in [2.05, 4.69) is 97.1 Å². The van der Waals surface area contributed by atoms with Crippen molar-refractivity contribution in [3.05, 3.63) is 113 Å². The van der Waals surface area contributed by atoms with Crippen molar-refractivity contribution in [2.24, 2.45) is 0 Å². The van der Waals surface area contributed by atoms with Crippen LogP contribution in [0.5, 0.6) is 0 Å². The van der Waals surface area contributed by atoms with Gasteiger partial charge in [0.2, 0.25) is 0 Å². The predicted molar refractivity (Wildman–Crippen MR) is 144 cm³/mol. The van der Waals surface area contributed by atoms with Crippen LogP contribution in [0.15, 0.2) is 79.0 Å². The number of anilines is 1. The third kappa shape index (κ3) is 3.70. The Balaban J connectivity index is 1.71. The van der Waals surface area contributed by atoms with Gasteiger partial charge in [-0.05, 0) is 86.4 Å². The van der Waals surface area contributed by atoms with Gasteiger partial charge in [0.05, 0.1) is 23.5 Å². The first-order chi connectivity index (χ1) is 16.5. The maximum atomic E-state index is 5.89. The summed E-state index contributed by atoms with van der Waals surface area (Å²) in [5.41, 5.74) is 9.72. The molecule has 2 atom stereocenters. The molecule has 1 fully saturated rings. The van der Waals surface area contributed by atoms with Gasteiger partial charge in [0.25, 0.3) is 0 Å². The van der Waals surface area contributed by atoms with E-state index in [1.807, 2.05) is 24.4 Å². The smallest absolute Gasteiger partial charge is 0.174 e. The molecule has 1 aliphatic rings. The molecule has 2 aromatic carbocycles. The molecule has 34 heavy (non-hydrogen) atoms. The van der Waals surface area contributed by atoms with Gasteiger partial charge in [-0.2, -0.15) is 0 Å². The van der Waals surface area contributed by atoms with Gasteiger partial charge in [0.15, 0.2) is 5.11 Å². The van der Waals surface area contributed by atoms with Gasteiger partial charge >= 0.3 is 0 Å². The second-order valence-corrected chi connectivity index (χ2v) is 9.32. The molecule has 4 aromatic rings. The minimum Gasteiger partial charge on any atom is -0.351 e. The van der Waals surface area contributed by atoms with Crippen LogP contribution in [0.4, 0.5) is 5.69 Å². The van der Waals surface area contributed by atoms with E-state index in [0.29, 0.717) is 0 Å². The van der Waals surface area contributed by atoms with E-state index in [0.717, 1.165) is 22.9 Å². The molecule has 0 aliphatic carbocycles. The van der Waals surface area contributed by atoms with Crippen molar-refractivity contribution in [2.75, 3.05) is 4.90 Å². The number of thiocarbonyl (C=S) groups is 1. The monoisotopic (exact) mass is 466 g/mol. The van der Waals surface area contributed by atoms with Crippen LogP contribution in [-0.2, 0) is 6.42 Å². The Morgan fingerprint density at radius 1 is 0.941 bits per heavy atom. The largest absolute Gasteiger partial charge is 0.351 e. The molecule has 4 nitrogen and oxygen atoms in total. The second kappa shape index (κ2) is 9.07. The molecule has 172 valence electrons. The lowest BCUT2D eigenvalue weighted by Gasteiger charge is -2.28. The number of hydrogen-bond acceptors (Lipinski definition) is 2. The predicted octanol–water partition coefficient (Wildman–Crippen LogP) is 6.54. The lowest BCUT2D eigenvalue weighted by molar-refractivity contribution is 0.565. The molecule has 2 aromatic heterocycles. The van der Waals surface area contributed by atoms with E-state index in [1.165, 1.54) is 33.8 Å². The maximum absolute atomic E-state index is 5.89. The highest BCUT2D eigenvalue weighted by Gasteiger charge is 2.42. The van der Waals surface area contributed by atoms with E-state index in [-0.39, 0.29) is 12.1 Å². The van der Waals surface area contributed by atoms with E-state index in [9.17, 15) is 0 Å². The third-order valence-electron chi connectivity index (χ3n) is 6.85. The Bertz CT molecular complexity index is 1330. The zero-order valence-corrected chi connectivity index (χ0v) is 20.9. The number of aryl methyl sites for hydroxylation is 3. The summed E-state index contributed by atoms with van der Waals surface area (Å²) in [5.74, 6) is 0. The third-order valence-corrected chi connectivity index (χ3v) is 7.16. The molecule has 0 unspecified atom stereocenters. The Hall–Kier alpha value is -3.44. The van der Waals surface area contributed by atoms with E-state index < -0.39 is 0 Å². The Kier molecular flexibility index (Phi) is 5.96. The van der Waals surface area contributed by atoms with Crippen LogP contribution in [0.1, 0.15) is 52.8 Å². The minimum atomic E-state index is -0.0506. The van der Waals surface area contributed by atoms with E-state index >= 15 is 0 Å². The van der Waals surface area contributed by atoms with Crippen molar-refractivity contribution in [1.82, 2.24) is 14.9 Å². The summed E-state index contributed by atoms with van der Waals surface area (Å²) in [6.07, 6.45) is 2.84. The summed E-state index contributed by atoms with van der Waals surface area (Å²) in [7, 11) is 0. The van der Waals surface area contributed by atoms with Crippen LogP contribution < -0.4 is 10.2 Å². The molecule has 0 bridgehead atoms. The number of aromatic nitrogens is 2. The average Bonchev–Trinajstić information content (AvgIpc) is 3.35. The highest BCUT2D eigenvalue weighted by molar-refractivity contribution is 7.80. The number of nitrogens with one attached hydrogen (secondary N) is 1. The van der Waals surface area contributed by atoms with Gasteiger partial charge in [0, 0.05) is 23.3 Å². The van der Waals surface area contributed by atoms with Crippen LogP contribution in [0, 0.1) is 20.8 Å². The van der Waals surface area contributed by atoms with Gasteiger partial charge in [-0.25, -0.2) is 0 Å². The summed E-state index contributed by atoms with van der Waals surface area (Å²) in [5, 5.41) is 4.31. The minimum absolute atomic E-state index is 0.0150. The first-order valence-corrected chi connectivity index (χ1v) is 12.3. The van der Waals surface area contributed by atoms with E-state index in [4.69, 9.17) is 17.2 Å². The SMILES string of the molecule is CCc1cccc(C)c1-n1c(C)cc([C@H]2[C@H](c3ccccn3)NC(=S)N2c2ccccc2)c1C. The number of rotatable bonds is 5. The molecule has 0 radical (unpaired) electrons. The number of nitrogens with zero attached hydrogens (tertiary/aromatic N) is 3. The number of para-hydroxylation sites is 2. The molecule has 5 heteroatoms. The van der Waals surface area contributed by atoms with Crippen molar-refractivity contribution in [3.63, 3.8) is 0 Å². The first-order valence-electron chi connectivity index (χ1n) is 11.8. The fraction of sp³-hybridized carbons (Fsp3) is 0.241. The molecule has 1 aliphatic heterocycles. The van der Waals surface area contributed by atoms with Gasteiger partial charge in [-0.3, -0.25) is 4.98 Å². The summed E-state index contributed by atoms with van der Waals surface area (Å²) in [4.78, 5) is 6.95. The van der Waals surface area contributed by atoms with Gasteiger partial charge in [0.1, 0.15) is 0 Å². The highest BCUT2D eigenvalue weighted by atomic mass is 32.1. The van der Waals surface area contributed by atoms with Crippen LogP contribution >= 0.6 is 12.2 Å². The summed E-state index contributed by atoms with van der Waals surface area (Å²) >= 11 is 5.89. The van der Waals surface area contributed by atoms with Crippen molar-refractivity contribution in [3.8, 4) is 5.69 Å². The van der Waals surface area contributed by atoms with Crippen LogP contribution in [0.2, 0.25) is 0 Å². The van der Waals surface area contributed by atoms with Crippen molar-refractivity contribution < 1.29 is 0 Å².